The van der Waals surface area contributed by atoms with Crippen LogP contribution in [0.25, 0.3) is 0 Å². The minimum atomic E-state index is -4.29. The van der Waals surface area contributed by atoms with Gasteiger partial charge in [-0.05, 0) is 37.0 Å². The quantitative estimate of drug-likeness (QED) is 0.786. The predicted octanol–water partition coefficient (Wildman–Crippen LogP) is 3.86. The normalized spacial score (nSPS) is 13.5. The number of alkyl halides is 3. The second kappa shape index (κ2) is 5.34. The fourth-order valence-electron chi connectivity index (χ4n) is 1.80. The molecular weight excluding hydrogens is 229 g/mol. The maximum Gasteiger partial charge on any atom is 0.416 e. The number of Topliss-reactive ketones (excluding diaryl/α,β-unsaturated/α-hetero) is 1. The van der Waals surface area contributed by atoms with Crippen LogP contribution in [0.4, 0.5) is 13.2 Å². The number of halogens is 3. The van der Waals surface area contributed by atoms with Gasteiger partial charge in [0, 0.05) is 6.42 Å². The van der Waals surface area contributed by atoms with E-state index in [1.807, 2.05) is 6.92 Å². The molecule has 0 bridgehead atoms. The summed E-state index contributed by atoms with van der Waals surface area (Å²) >= 11 is 0. The lowest BCUT2D eigenvalue weighted by Gasteiger charge is -2.11. The van der Waals surface area contributed by atoms with Gasteiger partial charge in [0.15, 0.2) is 0 Å². The van der Waals surface area contributed by atoms with Gasteiger partial charge in [0.2, 0.25) is 0 Å². The molecule has 0 aliphatic heterocycles. The van der Waals surface area contributed by atoms with Crippen molar-refractivity contribution in [2.45, 2.75) is 32.9 Å². The van der Waals surface area contributed by atoms with Gasteiger partial charge in [0.25, 0.3) is 0 Å². The van der Waals surface area contributed by atoms with Crippen LogP contribution in [0.15, 0.2) is 24.3 Å². The molecule has 1 unspecified atom stereocenters. The Morgan fingerprint density at radius 3 is 2.18 bits per heavy atom. The van der Waals surface area contributed by atoms with Crippen molar-refractivity contribution >= 4 is 5.78 Å². The second-order valence-electron chi connectivity index (χ2n) is 4.41. The molecule has 0 radical (unpaired) electrons. The largest absolute Gasteiger partial charge is 0.416 e. The minimum Gasteiger partial charge on any atom is -0.300 e. The average molecular weight is 244 g/mol. The third-order valence-electron chi connectivity index (χ3n) is 2.50. The lowest BCUT2D eigenvalue weighted by molar-refractivity contribution is -0.137. The molecule has 1 rings (SSSR count). The molecule has 1 aromatic carbocycles. The molecule has 0 saturated heterocycles. The molecule has 1 nitrogen and oxygen atoms in total. The Labute approximate surface area is 98.6 Å². The van der Waals surface area contributed by atoms with Gasteiger partial charge in [-0.15, -0.1) is 0 Å². The zero-order valence-corrected chi connectivity index (χ0v) is 9.84. The van der Waals surface area contributed by atoms with Crippen LogP contribution in [-0.2, 0) is 17.4 Å². The first-order chi connectivity index (χ1) is 7.79. The Balaban J connectivity index is 2.66. The number of benzene rings is 1. The zero-order chi connectivity index (χ0) is 13.1. The van der Waals surface area contributed by atoms with E-state index in [0.29, 0.717) is 12.8 Å². The fraction of sp³-hybridized carbons (Fsp3) is 0.462. The van der Waals surface area contributed by atoms with E-state index in [4.69, 9.17) is 0 Å². The summed E-state index contributed by atoms with van der Waals surface area (Å²) in [5.41, 5.74) is 0.187. The Kier molecular flexibility index (Phi) is 4.32. The highest BCUT2D eigenvalue weighted by Crippen LogP contribution is 2.29. The number of rotatable bonds is 4. The highest BCUT2D eigenvalue weighted by atomic mass is 19.4. The molecule has 94 valence electrons. The fourth-order valence-corrected chi connectivity index (χ4v) is 1.80. The van der Waals surface area contributed by atoms with E-state index in [-0.39, 0.29) is 11.7 Å². The van der Waals surface area contributed by atoms with Gasteiger partial charge in [-0.25, -0.2) is 0 Å². The van der Waals surface area contributed by atoms with Crippen LogP contribution < -0.4 is 0 Å². The van der Waals surface area contributed by atoms with Gasteiger partial charge in [-0.3, -0.25) is 0 Å². The monoisotopic (exact) mass is 244 g/mol. The van der Waals surface area contributed by atoms with Gasteiger partial charge >= 0.3 is 6.18 Å². The third kappa shape index (κ3) is 4.59. The molecule has 0 saturated carbocycles. The Bertz CT molecular complexity index is 379. The zero-order valence-electron chi connectivity index (χ0n) is 9.84. The van der Waals surface area contributed by atoms with Gasteiger partial charge in [0.05, 0.1) is 5.56 Å². The van der Waals surface area contributed by atoms with Crippen LogP contribution in [0, 0.1) is 5.92 Å². The van der Waals surface area contributed by atoms with Crippen molar-refractivity contribution in [2.24, 2.45) is 5.92 Å². The first-order valence-corrected chi connectivity index (χ1v) is 5.44. The molecule has 0 spiro atoms. The molecular formula is C13H15F3O. The summed E-state index contributed by atoms with van der Waals surface area (Å²) in [6, 6.07) is 5.10. The maximum atomic E-state index is 12.3. The third-order valence-corrected chi connectivity index (χ3v) is 2.50. The number of hydrogen-bond acceptors (Lipinski definition) is 1. The van der Waals surface area contributed by atoms with Gasteiger partial charge in [-0.1, -0.05) is 19.1 Å². The molecule has 0 heterocycles. The first kappa shape index (κ1) is 13.7. The molecule has 4 heteroatoms. The van der Waals surface area contributed by atoms with Crippen molar-refractivity contribution in [2.75, 3.05) is 0 Å². The molecule has 17 heavy (non-hydrogen) atoms. The van der Waals surface area contributed by atoms with Gasteiger partial charge in [-0.2, -0.15) is 13.2 Å². The van der Waals surface area contributed by atoms with Crippen LogP contribution in [0.1, 0.15) is 31.4 Å². The summed E-state index contributed by atoms with van der Waals surface area (Å²) in [5, 5.41) is 0. The topological polar surface area (TPSA) is 17.1 Å². The van der Waals surface area contributed by atoms with Crippen LogP contribution in [-0.4, -0.2) is 5.78 Å². The number of ketones is 1. The summed E-state index contributed by atoms with van der Waals surface area (Å²) in [6.45, 7) is 3.43. The van der Waals surface area contributed by atoms with Crippen LogP contribution >= 0.6 is 0 Å². The molecule has 0 aliphatic rings. The van der Waals surface area contributed by atoms with Crippen molar-refractivity contribution in [1.29, 1.82) is 0 Å². The van der Waals surface area contributed by atoms with Crippen LogP contribution in [0.5, 0.6) is 0 Å². The molecule has 0 aromatic heterocycles. The first-order valence-electron chi connectivity index (χ1n) is 5.44. The average Bonchev–Trinajstić information content (AvgIpc) is 2.15. The van der Waals surface area contributed by atoms with E-state index in [1.165, 1.54) is 19.1 Å². The maximum absolute atomic E-state index is 12.3. The molecule has 0 fully saturated rings. The summed E-state index contributed by atoms with van der Waals surface area (Å²) in [4.78, 5) is 10.9. The van der Waals surface area contributed by atoms with E-state index in [0.717, 1.165) is 17.7 Å². The van der Waals surface area contributed by atoms with Gasteiger partial charge in [0.1, 0.15) is 5.78 Å². The summed E-state index contributed by atoms with van der Waals surface area (Å²) in [7, 11) is 0. The SMILES string of the molecule is CC(=O)CC(C)Cc1ccc(C(F)(F)F)cc1. The minimum absolute atomic E-state index is 0.101. The lowest BCUT2D eigenvalue weighted by Crippen LogP contribution is -2.07. The van der Waals surface area contributed by atoms with Crippen molar-refractivity contribution < 1.29 is 18.0 Å². The van der Waals surface area contributed by atoms with E-state index in [1.54, 1.807) is 0 Å². The number of hydrogen-bond donors (Lipinski definition) is 0. The van der Waals surface area contributed by atoms with E-state index < -0.39 is 11.7 Å². The summed E-state index contributed by atoms with van der Waals surface area (Å²) in [6.07, 6.45) is -3.21. The molecule has 0 N–H and O–H groups in total. The van der Waals surface area contributed by atoms with E-state index in [9.17, 15) is 18.0 Å². The Hall–Kier alpha value is -1.32. The Morgan fingerprint density at radius 2 is 1.76 bits per heavy atom. The summed E-state index contributed by atoms with van der Waals surface area (Å²) < 4.78 is 36.9. The van der Waals surface area contributed by atoms with Crippen molar-refractivity contribution in [3.8, 4) is 0 Å². The van der Waals surface area contributed by atoms with Crippen molar-refractivity contribution in [1.82, 2.24) is 0 Å². The highest BCUT2D eigenvalue weighted by Gasteiger charge is 2.29. The van der Waals surface area contributed by atoms with E-state index in [2.05, 4.69) is 0 Å². The van der Waals surface area contributed by atoms with Crippen LogP contribution in [0.3, 0.4) is 0 Å². The molecule has 0 amide bonds. The van der Waals surface area contributed by atoms with Crippen LogP contribution in [0.2, 0.25) is 0 Å². The Morgan fingerprint density at radius 1 is 1.24 bits per heavy atom. The van der Waals surface area contributed by atoms with Crippen molar-refractivity contribution in [3.63, 3.8) is 0 Å². The molecule has 1 aromatic rings. The van der Waals surface area contributed by atoms with Crippen molar-refractivity contribution in [3.05, 3.63) is 35.4 Å². The lowest BCUT2D eigenvalue weighted by atomic mass is 9.96. The number of carbonyl (C=O) groups is 1. The predicted molar refractivity (Wildman–Crippen MR) is 59.6 cm³/mol. The second-order valence-corrected chi connectivity index (χ2v) is 4.41. The number of carbonyl (C=O) groups excluding carboxylic acids is 1. The highest BCUT2D eigenvalue weighted by molar-refractivity contribution is 5.75. The smallest absolute Gasteiger partial charge is 0.300 e. The molecule has 0 aliphatic carbocycles. The standard InChI is InChI=1S/C13H15F3O/c1-9(7-10(2)17)8-11-3-5-12(6-4-11)13(14,15)16/h3-6,9H,7-8H2,1-2H3. The molecule has 1 atom stereocenters. The van der Waals surface area contributed by atoms with E-state index >= 15 is 0 Å². The van der Waals surface area contributed by atoms with Gasteiger partial charge < -0.3 is 4.79 Å². The summed E-state index contributed by atoms with van der Waals surface area (Å²) in [5.74, 6) is 0.258.